The molecular weight excluding hydrogens is 263 g/mol. The van der Waals surface area contributed by atoms with E-state index in [4.69, 9.17) is 5.11 Å². The Kier molecular flexibility index (Phi) is 3.79. The summed E-state index contributed by atoms with van der Waals surface area (Å²) in [5, 5.41) is 9.07. The minimum atomic E-state index is -1.34. The number of halogens is 1. The van der Waals surface area contributed by atoms with Crippen LogP contribution in [0.3, 0.4) is 0 Å². The standard InChI is InChI=1S/C15H11FO4/c1-20-15(19)10-7-5-9(6-8-10)11-3-2-4-12(16)13(11)14(17)18/h2-8H,1H3,(H,17,18). The predicted octanol–water partition coefficient (Wildman–Crippen LogP) is 2.98. The van der Waals surface area contributed by atoms with Crippen LogP contribution in [0.4, 0.5) is 4.39 Å². The van der Waals surface area contributed by atoms with Crippen molar-refractivity contribution < 1.29 is 23.8 Å². The van der Waals surface area contributed by atoms with Crippen LogP contribution in [0.15, 0.2) is 42.5 Å². The number of hydrogen-bond donors (Lipinski definition) is 1. The molecule has 5 heteroatoms. The summed E-state index contributed by atoms with van der Waals surface area (Å²) in [5.74, 6) is -2.63. The fourth-order valence-electron chi connectivity index (χ4n) is 1.89. The van der Waals surface area contributed by atoms with Gasteiger partial charge in [-0.1, -0.05) is 24.3 Å². The molecule has 102 valence electrons. The SMILES string of the molecule is COC(=O)c1ccc(-c2cccc(F)c2C(=O)O)cc1. The molecule has 0 saturated carbocycles. The van der Waals surface area contributed by atoms with Gasteiger partial charge in [0.1, 0.15) is 11.4 Å². The van der Waals surface area contributed by atoms with E-state index in [1.807, 2.05) is 0 Å². The molecule has 0 spiro atoms. The number of benzene rings is 2. The van der Waals surface area contributed by atoms with E-state index in [2.05, 4.69) is 4.74 Å². The average molecular weight is 274 g/mol. The average Bonchev–Trinajstić information content (AvgIpc) is 2.46. The molecule has 0 aromatic heterocycles. The fourth-order valence-corrected chi connectivity index (χ4v) is 1.89. The minimum absolute atomic E-state index is 0.258. The molecule has 20 heavy (non-hydrogen) atoms. The predicted molar refractivity (Wildman–Crippen MR) is 70.1 cm³/mol. The number of esters is 1. The van der Waals surface area contributed by atoms with Gasteiger partial charge in [-0.25, -0.2) is 14.0 Å². The summed E-state index contributed by atoms with van der Waals surface area (Å²) in [5.41, 5.74) is 0.714. The van der Waals surface area contributed by atoms with Gasteiger partial charge in [0.25, 0.3) is 0 Å². The van der Waals surface area contributed by atoms with Crippen LogP contribution >= 0.6 is 0 Å². The van der Waals surface area contributed by atoms with Crippen LogP contribution in [0, 0.1) is 5.82 Å². The summed E-state index contributed by atoms with van der Waals surface area (Å²) in [7, 11) is 1.27. The van der Waals surface area contributed by atoms with Crippen molar-refractivity contribution in [2.45, 2.75) is 0 Å². The van der Waals surface area contributed by atoms with Gasteiger partial charge in [0, 0.05) is 0 Å². The summed E-state index contributed by atoms with van der Waals surface area (Å²) in [6.45, 7) is 0. The van der Waals surface area contributed by atoms with Gasteiger partial charge in [-0.05, 0) is 29.3 Å². The second kappa shape index (κ2) is 5.52. The maximum absolute atomic E-state index is 13.6. The number of carbonyl (C=O) groups excluding carboxylic acids is 1. The fraction of sp³-hybridized carbons (Fsp3) is 0.0667. The molecule has 2 rings (SSSR count). The Labute approximate surface area is 114 Å². The van der Waals surface area contributed by atoms with Gasteiger partial charge in [0.05, 0.1) is 12.7 Å². The summed E-state index contributed by atoms with van der Waals surface area (Å²) in [6.07, 6.45) is 0. The van der Waals surface area contributed by atoms with E-state index in [1.54, 1.807) is 12.1 Å². The molecule has 0 saturated heterocycles. The lowest BCUT2D eigenvalue weighted by Gasteiger charge is -2.08. The molecule has 4 nitrogen and oxygen atoms in total. The van der Waals surface area contributed by atoms with Gasteiger partial charge in [-0.2, -0.15) is 0 Å². The van der Waals surface area contributed by atoms with Gasteiger partial charge < -0.3 is 9.84 Å². The van der Waals surface area contributed by atoms with Crippen molar-refractivity contribution in [2.24, 2.45) is 0 Å². The molecule has 0 aliphatic heterocycles. The van der Waals surface area contributed by atoms with Gasteiger partial charge >= 0.3 is 11.9 Å². The van der Waals surface area contributed by atoms with Crippen molar-refractivity contribution in [1.82, 2.24) is 0 Å². The Hall–Kier alpha value is -2.69. The molecule has 0 radical (unpaired) electrons. The normalized spacial score (nSPS) is 10.1. The summed E-state index contributed by atoms with van der Waals surface area (Å²) < 4.78 is 18.2. The summed E-state index contributed by atoms with van der Waals surface area (Å²) in [4.78, 5) is 22.4. The molecule has 1 N–H and O–H groups in total. The number of methoxy groups -OCH3 is 1. The third-order valence-corrected chi connectivity index (χ3v) is 2.84. The lowest BCUT2D eigenvalue weighted by molar-refractivity contribution is 0.0599. The number of carboxylic acids is 1. The van der Waals surface area contributed by atoms with Crippen molar-refractivity contribution in [1.29, 1.82) is 0 Å². The maximum atomic E-state index is 13.6. The second-order valence-corrected chi connectivity index (χ2v) is 4.04. The Morgan fingerprint density at radius 3 is 2.30 bits per heavy atom. The number of rotatable bonds is 3. The van der Waals surface area contributed by atoms with Gasteiger partial charge in [-0.3, -0.25) is 0 Å². The molecule has 0 aliphatic carbocycles. The van der Waals surface area contributed by atoms with E-state index in [0.29, 0.717) is 11.1 Å². The zero-order valence-electron chi connectivity index (χ0n) is 10.6. The number of ether oxygens (including phenoxy) is 1. The second-order valence-electron chi connectivity index (χ2n) is 4.04. The number of hydrogen-bond acceptors (Lipinski definition) is 3. The highest BCUT2D eigenvalue weighted by Gasteiger charge is 2.17. The molecular formula is C15H11FO4. The van der Waals surface area contributed by atoms with Crippen LogP contribution in [0.25, 0.3) is 11.1 Å². The molecule has 0 amide bonds. The first kappa shape index (κ1) is 13.7. The van der Waals surface area contributed by atoms with Crippen molar-refractivity contribution in [3.8, 4) is 11.1 Å². The van der Waals surface area contributed by atoms with E-state index in [0.717, 1.165) is 6.07 Å². The Balaban J connectivity index is 2.50. The highest BCUT2D eigenvalue weighted by molar-refractivity contribution is 5.97. The molecule has 0 bridgehead atoms. The summed E-state index contributed by atoms with van der Waals surface area (Å²) in [6, 6.07) is 10.1. The van der Waals surface area contributed by atoms with E-state index in [9.17, 15) is 14.0 Å². The molecule has 2 aromatic carbocycles. The van der Waals surface area contributed by atoms with Crippen LogP contribution in [0.1, 0.15) is 20.7 Å². The third kappa shape index (κ3) is 2.51. The smallest absolute Gasteiger partial charge is 0.339 e. The third-order valence-electron chi connectivity index (χ3n) is 2.84. The Morgan fingerprint density at radius 1 is 1.10 bits per heavy atom. The number of carbonyl (C=O) groups is 2. The van der Waals surface area contributed by atoms with Gasteiger partial charge in [0.2, 0.25) is 0 Å². The van der Waals surface area contributed by atoms with Crippen LogP contribution in [0.5, 0.6) is 0 Å². The van der Waals surface area contributed by atoms with Crippen molar-refractivity contribution in [2.75, 3.05) is 7.11 Å². The topological polar surface area (TPSA) is 63.6 Å². The van der Waals surface area contributed by atoms with Crippen LogP contribution < -0.4 is 0 Å². The molecule has 0 aliphatic rings. The maximum Gasteiger partial charge on any atom is 0.339 e. The van der Waals surface area contributed by atoms with Gasteiger partial charge in [-0.15, -0.1) is 0 Å². The Bertz CT molecular complexity index is 662. The van der Waals surface area contributed by atoms with Crippen molar-refractivity contribution >= 4 is 11.9 Å². The first-order valence-electron chi connectivity index (χ1n) is 5.75. The summed E-state index contributed by atoms with van der Waals surface area (Å²) >= 11 is 0. The van der Waals surface area contributed by atoms with Gasteiger partial charge in [0.15, 0.2) is 0 Å². The zero-order chi connectivity index (χ0) is 14.7. The highest BCUT2D eigenvalue weighted by Crippen LogP contribution is 2.26. The van der Waals surface area contributed by atoms with Crippen LogP contribution in [-0.2, 0) is 4.74 Å². The molecule has 0 atom stereocenters. The lowest BCUT2D eigenvalue weighted by atomic mass is 9.98. The minimum Gasteiger partial charge on any atom is -0.478 e. The van der Waals surface area contributed by atoms with E-state index >= 15 is 0 Å². The first-order valence-corrected chi connectivity index (χ1v) is 5.75. The lowest BCUT2D eigenvalue weighted by Crippen LogP contribution is -2.04. The van der Waals surface area contributed by atoms with E-state index in [-0.39, 0.29) is 5.56 Å². The van der Waals surface area contributed by atoms with E-state index in [1.165, 1.54) is 31.4 Å². The zero-order valence-corrected chi connectivity index (χ0v) is 10.6. The highest BCUT2D eigenvalue weighted by atomic mass is 19.1. The van der Waals surface area contributed by atoms with Crippen molar-refractivity contribution in [3.63, 3.8) is 0 Å². The van der Waals surface area contributed by atoms with E-state index < -0.39 is 23.3 Å². The van der Waals surface area contributed by atoms with Crippen LogP contribution in [0.2, 0.25) is 0 Å². The molecule has 0 heterocycles. The number of aromatic carboxylic acids is 1. The molecule has 0 unspecified atom stereocenters. The molecule has 0 fully saturated rings. The Morgan fingerprint density at radius 2 is 1.75 bits per heavy atom. The largest absolute Gasteiger partial charge is 0.478 e. The number of carboxylic acid groups (broad SMARTS) is 1. The molecule has 2 aromatic rings. The quantitative estimate of drug-likeness (QED) is 0.874. The monoisotopic (exact) mass is 274 g/mol. The van der Waals surface area contributed by atoms with Crippen LogP contribution in [-0.4, -0.2) is 24.2 Å². The first-order chi connectivity index (χ1) is 9.54. The van der Waals surface area contributed by atoms with Crippen molar-refractivity contribution in [3.05, 3.63) is 59.4 Å².